The SMILES string of the molecule is CC(C)c1ccc2c(c1)O[C@@]1(C)c3cccc(N)c3C(=O)[C@@]21O. The maximum Gasteiger partial charge on any atom is 0.206 e. The van der Waals surface area contributed by atoms with Crippen molar-refractivity contribution >= 4 is 11.5 Å². The van der Waals surface area contributed by atoms with Crippen molar-refractivity contribution in [2.45, 2.75) is 37.9 Å². The van der Waals surface area contributed by atoms with Crippen molar-refractivity contribution in [2.75, 3.05) is 5.73 Å². The van der Waals surface area contributed by atoms with E-state index >= 15 is 0 Å². The second kappa shape index (κ2) is 4.15. The average molecular weight is 309 g/mol. The summed E-state index contributed by atoms with van der Waals surface area (Å²) in [6.45, 7) is 5.94. The lowest BCUT2D eigenvalue weighted by Crippen LogP contribution is -2.46. The monoisotopic (exact) mass is 309 g/mol. The van der Waals surface area contributed by atoms with E-state index in [1.807, 2.05) is 12.1 Å². The predicted molar refractivity (Wildman–Crippen MR) is 87.6 cm³/mol. The molecule has 1 aliphatic heterocycles. The normalized spacial score (nSPS) is 27.6. The molecule has 0 amide bonds. The van der Waals surface area contributed by atoms with Crippen molar-refractivity contribution in [2.24, 2.45) is 0 Å². The Labute approximate surface area is 134 Å². The number of rotatable bonds is 1. The average Bonchev–Trinajstić information content (AvgIpc) is 2.84. The highest BCUT2D eigenvalue weighted by atomic mass is 16.5. The van der Waals surface area contributed by atoms with Crippen LogP contribution in [-0.2, 0) is 11.2 Å². The number of aliphatic hydroxyl groups is 1. The van der Waals surface area contributed by atoms with Crippen molar-refractivity contribution in [1.29, 1.82) is 0 Å². The first-order valence-electron chi connectivity index (χ1n) is 7.80. The summed E-state index contributed by atoms with van der Waals surface area (Å²) in [6, 6.07) is 10.9. The lowest BCUT2D eigenvalue weighted by atomic mass is 9.80. The summed E-state index contributed by atoms with van der Waals surface area (Å²) in [5.41, 5.74) is 6.13. The fourth-order valence-corrected chi connectivity index (χ4v) is 3.82. The maximum absolute atomic E-state index is 13.0. The van der Waals surface area contributed by atoms with Crippen molar-refractivity contribution in [1.82, 2.24) is 0 Å². The minimum atomic E-state index is -1.73. The number of anilines is 1. The molecule has 0 saturated heterocycles. The number of nitrogen functional groups attached to an aromatic ring is 1. The van der Waals surface area contributed by atoms with Gasteiger partial charge in [0.15, 0.2) is 11.2 Å². The lowest BCUT2D eigenvalue weighted by molar-refractivity contribution is -0.0729. The van der Waals surface area contributed by atoms with Gasteiger partial charge in [0.25, 0.3) is 0 Å². The Hall–Kier alpha value is -2.33. The molecule has 0 bridgehead atoms. The van der Waals surface area contributed by atoms with Gasteiger partial charge in [0.1, 0.15) is 5.75 Å². The molecule has 2 aromatic carbocycles. The van der Waals surface area contributed by atoms with Gasteiger partial charge in [-0.2, -0.15) is 0 Å². The summed E-state index contributed by atoms with van der Waals surface area (Å²) in [6.07, 6.45) is 0. The number of benzene rings is 2. The zero-order valence-corrected chi connectivity index (χ0v) is 13.4. The van der Waals surface area contributed by atoms with E-state index in [2.05, 4.69) is 13.8 Å². The van der Waals surface area contributed by atoms with Crippen LogP contribution in [0.25, 0.3) is 0 Å². The van der Waals surface area contributed by atoms with Crippen LogP contribution in [0.1, 0.15) is 53.7 Å². The molecule has 0 radical (unpaired) electrons. The first kappa shape index (κ1) is 14.3. The zero-order valence-electron chi connectivity index (χ0n) is 13.4. The third-order valence-electron chi connectivity index (χ3n) is 5.23. The highest BCUT2D eigenvalue weighted by molar-refractivity contribution is 6.13. The van der Waals surface area contributed by atoms with E-state index in [-0.39, 0.29) is 5.78 Å². The Bertz CT molecular complexity index is 858. The number of hydrogen-bond donors (Lipinski definition) is 2. The van der Waals surface area contributed by atoms with Crippen molar-refractivity contribution in [3.8, 4) is 5.75 Å². The Balaban J connectivity index is 1.98. The van der Waals surface area contributed by atoms with E-state index in [1.165, 1.54) is 0 Å². The minimum Gasteiger partial charge on any atom is -0.478 e. The molecule has 4 heteroatoms. The zero-order chi connectivity index (χ0) is 16.6. The van der Waals surface area contributed by atoms with Crippen molar-refractivity contribution in [3.05, 3.63) is 58.7 Å². The molecule has 0 unspecified atom stereocenters. The van der Waals surface area contributed by atoms with Gasteiger partial charge in [-0.1, -0.05) is 38.1 Å². The van der Waals surface area contributed by atoms with Crippen molar-refractivity contribution < 1.29 is 14.6 Å². The number of ether oxygens (including phenoxy) is 1. The molecule has 118 valence electrons. The van der Waals surface area contributed by atoms with Gasteiger partial charge in [0, 0.05) is 16.8 Å². The first-order chi connectivity index (χ1) is 10.8. The number of fused-ring (bicyclic) bond motifs is 5. The molecule has 0 aromatic heterocycles. The Morgan fingerprint density at radius 3 is 2.61 bits per heavy atom. The number of nitrogens with two attached hydrogens (primary N) is 1. The topological polar surface area (TPSA) is 72.5 Å². The fourth-order valence-electron chi connectivity index (χ4n) is 3.82. The van der Waals surface area contributed by atoms with Crippen LogP contribution in [0.4, 0.5) is 5.69 Å². The molecule has 1 heterocycles. The van der Waals surface area contributed by atoms with E-state index < -0.39 is 11.2 Å². The highest BCUT2D eigenvalue weighted by Crippen LogP contribution is 2.60. The van der Waals surface area contributed by atoms with Gasteiger partial charge in [0.05, 0.1) is 5.56 Å². The molecule has 1 aliphatic carbocycles. The van der Waals surface area contributed by atoms with Gasteiger partial charge < -0.3 is 15.6 Å². The van der Waals surface area contributed by atoms with Crippen LogP contribution in [0, 0.1) is 0 Å². The predicted octanol–water partition coefficient (Wildman–Crippen LogP) is 3.08. The number of carbonyl (C=O) groups is 1. The fraction of sp³-hybridized carbons (Fsp3) is 0.316. The Kier molecular flexibility index (Phi) is 2.57. The Morgan fingerprint density at radius 2 is 1.91 bits per heavy atom. The van der Waals surface area contributed by atoms with E-state index in [4.69, 9.17) is 10.5 Å². The number of hydrogen-bond acceptors (Lipinski definition) is 4. The summed E-state index contributed by atoms with van der Waals surface area (Å²) >= 11 is 0. The lowest BCUT2D eigenvalue weighted by Gasteiger charge is -2.30. The smallest absolute Gasteiger partial charge is 0.206 e. The largest absolute Gasteiger partial charge is 0.478 e. The van der Waals surface area contributed by atoms with Crippen LogP contribution in [0.15, 0.2) is 36.4 Å². The molecule has 3 N–H and O–H groups in total. The summed E-state index contributed by atoms with van der Waals surface area (Å²) in [4.78, 5) is 13.0. The van der Waals surface area contributed by atoms with Crippen molar-refractivity contribution in [3.63, 3.8) is 0 Å². The molecule has 2 atom stereocenters. The quantitative estimate of drug-likeness (QED) is 0.794. The van der Waals surface area contributed by atoms with Gasteiger partial charge in [0.2, 0.25) is 5.78 Å². The molecule has 0 saturated carbocycles. The van der Waals surface area contributed by atoms with Gasteiger partial charge in [-0.25, -0.2) is 0 Å². The van der Waals surface area contributed by atoms with E-state index in [0.29, 0.717) is 34.0 Å². The molecule has 4 nitrogen and oxygen atoms in total. The van der Waals surface area contributed by atoms with Gasteiger partial charge in [-0.15, -0.1) is 0 Å². The van der Waals surface area contributed by atoms with E-state index in [9.17, 15) is 9.90 Å². The van der Waals surface area contributed by atoms with Gasteiger partial charge in [-0.05, 0) is 30.5 Å². The minimum absolute atomic E-state index is 0.338. The third-order valence-corrected chi connectivity index (χ3v) is 5.23. The number of ketones is 1. The van der Waals surface area contributed by atoms with E-state index in [1.54, 1.807) is 31.2 Å². The summed E-state index contributed by atoms with van der Waals surface area (Å²) in [7, 11) is 0. The molecule has 0 spiro atoms. The van der Waals surface area contributed by atoms with Crippen LogP contribution < -0.4 is 10.5 Å². The highest BCUT2D eigenvalue weighted by Gasteiger charge is 2.68. The standard InChI is InChI=1S/C19H19NO3/c1-10(2)11-7-8-12-15(9-11)23-18(3)13-5-4-6-14(20)16(13)17(21)19(12,18)22/h4-10,22H,20H2,1-3H3/t18-,19-/m0/s1. The number of Topliss-reactive ketones (excluding diaryl/α,β-unsaturated/α-hetero) is 1. The second-order valence-electron chi connectivity index (χ2n) is 6.85. The van der Waals surface area contributed by atoms with Gasteiger partial charge in [-0.3, -0.25) is 4.79 Å². The molecule has 23 heavy (non-hydrogen) atoms. The van der Waals surface area contributed by atoms with Gasteiger partial charge >= 0.3 is 0 Å². The molecule has 2 aromatic rings. The summed E-state index contributed by atoms with van der Waals surface area (Å²) in [5.74, 6) is 0.525. The van der Waals surface area contributed by atoms with E-state index in [0.717, 1.165) is 5.56 Å². The molecule has 4 rings (SSSR count). The molecular formula is C19H19NO3. The maximum atomic E-state index is 13.0. The summed E-state index contributed by atoms with van der Waals surface area (Å²) in [5, 5.41) is 11.4. The second-order valence-corrected chi connectivity index (χ2v) is 6.85. The van der Waals surface area contributed by atoms with Crippen LogP contribution in [0.5, 0.6) is 5.75 Å². The molecule has 2 aliphatic rings. The van der Waals surface area contributed by atoms with Crippen LogP contribution >= 0.6 is 0 Å². The van der Waals surface area contributed by atoms with Crippen LogP contribution in [0.2, 0.25) is 0 Å². The molecule has 0 fully saturated rings. The third kappa shape index (κ3) is 1.47. The summed E-state index contributed by atoms with van der Waals surface area (Å²) < 4.78 is 6.14. The Morgan fingerprint density at radius 1 is 1.17 bits per heavy atom. The van der Waals surface area contributed by atoms with Crippen LogP contribution in [-0.4, -0.2) is 10.9 Å². The molecular weight excluding hydrogens is 290 g/mol. The van der Waals surface area contributed by atoms with Crippen LogP contribution in [0.3, 0.4) is 0 Å². The number of carbonyl (C=O) groups excluding carboxylic acids is 1. The first-order valence-corrected chi connectivity index (χ1v) is 7.80.